The van der Waals surface area contributed by atoms with Crippen molar-refractivity contribution in [2.24, 2.45) is 0 Å². The van der Waals surface area contributed by atoms with Crippen molar-refractivity contribution in [3.8, 4) is 0 Å². The molecule has 0 aromatic rings. The lowest BCUT2D eigenvalue weighted by atomic mass is 9.99. The number of allylic oxidation sites excluding steroid dienone is 1. The topological polar surface area (TPSA) is 149 Å². The van der Waals surface area contributed by atoms with Gasteiger partial charge in [-0.25, -0.2) is 0 Å². The Morgan fingerprint density at radius 2 is 0.821 bits per heavy atom. The van der Waals surface area contributed by atoms with Crippen LogP contribution in [0.5, 0.6) is 0 Å². The lowest BCUT2D eigenvalue weighted by Crippen LogP contribution is -2.60. The molecule has 0 aromatic heterocycles. The lowest BCUT2D eigenvalue weighted by molar-refractivity contribution is -0.302. The highest BCUT2D eigenvalue weighted by molar-refractivity contribution is 5.76. The van der Waals surface area contributed by atoms with Crippen molar-refractivity contribution in [1.82, 2.24) is 5.32 Å². The molecule has 6 N–H and O–H groups in total. The van der Waals surface area contributed by atoms with Crippen LogP contribution in [-0.4, -0.2) is 87.5 Å². The van der Waals surface area contributed by atoms with Crippen LogP contribution < -0.4 is 5.32 Å². The molecule has 0 aliphatic carbocycles. The molecule has 9 nitrogen and oxygen atoms in total. The first kappa shape index (κ1) is 63.9. The molecule has 0 aromatic carbocycles. The van der Waals surface area contributed by atoms with E-state index in [0.717, 1.165) is 38.5 Å². The molecule has 0 saturated carbocycles. The number of aliphatic hydroxyl groups is 5. The van der Waals surface area contributed by atoms with E-state index >= 15 is 0 Å². The number of rotatable bonds is 51. The maximum Gasteiger partial charge on any atom is 0.220 e. The standard InChI is InChI=1S/C58H113NO8/c1-3-5-7-9-11-13-15-17-19-21-22-23-24-25-26-27-28-29-30-32-34-36-38-40-42-44-46-48-54(62)59-51(50-66-58-57(65)56(64)55(63)53(49-60)67-58)52(61)47-45-43-41-39-37-35-33-31-20-18-16-14-12-10-8-6-4-2/h45,47,51-53,55-58,60-61,63-65H,3-44,46,48-50H2,1-2H3,(H,59,62)/b47-45+/t51-,52+,53+,55-,56?,57?,58+/m0/s1. The lowest BCUT2D eigenvalue weighted by Gasteiger charge is -2.40. The average Bonchev–Trinajstić information content (AvgIpc) is 3.33. The Kier molecular flexibility index (Phi) is 46.3. The summed E-state index contributed by atoms with van der Waals surface area (Å²) < 4.78 is 11.3. The summed E-state index contributed by atoms with van der Waals surface area (Å²) in [6.45, 7) is 3.82. The highest BCUT2D eigenvalue weighted by atomic mass is 16.7. The van der Waals surface area contributed by atoms with Crippen LogP contribution in [0.4, 0.5) is 0 Å². The fraction of sp³-hybridized carbons (Fsp3) is 0.948. The molecule has 67 heavy (non-hydrogen) atoms. The van der Waals surface area contributed by atoms with Gasteiger partial charge in [0.25, 0.3) is 0 Å². The average molecular weight is 953 g/mol. The molecule has 1 amide bonds. The Hall–Kier alpha value is -1.07. The number of ether oxygens (including phenoxy) is 2. The smallest absolute Gasteiger partial charge is 0.220 e. The third-order valence-electron chi connectivity index (χ3n) is 14.4. The van der Waals surface area contributed by atoms with Crippen LogP contribution >= 0.6 is 0 Å². The van der Waals surface area contributed by atoms with Crippen molar-refractivity contribution in [1.29, 1.82) is 0 Å². The molecule has 0 radical (unpaired) electrons. The van der Waals surface area contributed by atoms with Gasteiger partial charge < -0.3 is 40.3 Å². The summed E-state index contributed by atoms with van der Waals surface area (Å²) in [6.07, 6.45) is 52.8. The number of amides is 1. The number of unbranched alkanes of at least 4 members (excludes halogenated alkanes) is 41. The van der Waals surface area contributed by atoms with E-state index in [-0.39, 0.29) is 12.5 Å². The largest absolute Gasteiger partial charge is 0.394 e. The Bertz CT molecular complexity index is 1060. The second-order valence-corrected chi connectivity index (χ2v) is 20.8. The van der Waals surface area contributed by atoms with Crippen LogP contribution in [0.2, 0.25) is 0 Å². The van der Waals surface area contributed by atoms with E-state index in [1.807, 2.05) is 6.08 Å². The van der Waals surface area contributed by atoms with E-state index in [4.69, 9.17) is 9.47 Å². The Labute approximate surface area is 414 Å². The summed E-state index contributed by atoms with van der Waals surface area (Å²) in [5, 5.41) is 54.5. The first-order valence-electron chi connectivity index (χ1n) is 29.4. The number of hydrogen-bond acceptors (Lipinski definition) is 8. The maximum absolute atomic E-state index is 13.1. The monoisotopic (exact) mass is 952 g/mol. The molecule has 1 heterocycles. The molecule has 9 heteroatoms. The Balaban J connectivity index is 2.17. The van der Waals surface area contributed by atoms with Gasteiger partial charge in [0.1, 0.15) is 24.4 Å². The summed E-state index contributed by atoms with van der Waals surface area (Å²) in [5.74, 6) is -0.170. The van der Waals surface area contributed by atoms with E-state index < -0.39 is 49.5 Å². The van der Waals surface area contributed by atoms with Gasteiger partial charge in [-0.3, -0.25) is 4.79 Å². The minimum atomic E-state index is -1.56. The highest BCUT2D eigenvalue weighted by Crippen LogP contribution is 2.23. The predicted molar refractivity (Wildman–Crippen MR) is 281 cm³/mol. The van der Waals surface area contributed by atoms with Gasteiger partial charge in [-0.2, -0.15) is 0 Å². The second-order valence-electron chi connectivity index (χ2n) is 20.8. The van der Waals surface area contributed by atoms with Crippen molar-refractivity contribution >= 4 is 5.91 Å². The van der Waals surface area contributed by atoms with Gasteiger partial charge in [0.15, 0.2) is 6.29 Å². The summed E-state index contributed by atoms with van der Waals surface area (Å²) in [4.78, 5) is 13.1. The molecule has 0 bridgehead atoms. The Morgan fingerprint density at radius 1 is 0.493 bits per heavy atom. The first-order valence-corrected chi connectivity index (χ1v) is 29.4. The zero-order chi connectivity index (χ0) is 48.7. The van der Waals surface area contributed by atoms with Crippen molar-refractivity contribution in [3.05, 3.63) is 12.2 Å². The van der Waals surface area contributed by atoms with Crippen molar-refractivity contribution in [2.45, 2.75) is 339 Å². The van der Waals surface area contributed by atoms with E-state index in [0.29, 0.717) is 6.42 Å². The van der Waals surface area contributed by atoms with Gasteiger partial charge in [-0.05, 0) is 19.3 Å². The Morgan fingerprint density at radius 3 is 1.16 bits per heavy atom. The van der Waals surface area contributed by atoms with Crippen LogP contribution in [0, 0.1) is 0 Å². The van der Waals surface area contributed by atoms with Crippen LogP contribution in [-0.2, 0) is 14.3 Å². The molecular formula is C58H113NO8. The van der Waals surface area contributed by atoms with E-state index in [2.05, 4.69) is 19.2 Å². The number of carbonyl (C=O) groups is 1. The van der Waals surface area contributed by atoms with Gasteiger partial charge in [0.2, 0.25) is 5.91 Å². The van der Waals surface area contributed by atoms with Gasteiger partial charge >= 0.3 is 0 Å². The molecule has 1 aliphatic rings. The van der Waals surface area contributed by atoms with Gasteiger partial charge in [-0.15, -0.1) is 0 Å². The third kappa shape index (κ3) is 38.3. The minimum Gasteiger partial charge on any atom is -0.394 e. The fourth-order valence-electron chi connectivity index (χ4n) is 9.69. The normalized spacial score (nSPS) is 19.7. The molecule has 0 spiro atoms. The van der Waals surface area contributed by atoms with Gasteiger partial charge in [0.05, 0.1) is 25.4 Å². The number of nitrogens with one attached hydrogen (secondary N) is 1. The highest BCUT2D eigenvalue weighted by Gasteiger charge is 2.44. The third-order valence-corrected chi connectivity index (χ3v) is 14.4. The van der Waals surface area contributed by atoms with Crippen molar-refractivity contribution in [3.63, 3.8) is 0 Å². The minimum absolute atomic E-state index is 0.170. The van der Waals surface area contributed by atoms with Crippen LogP contribution in [0.25, 0.3) is 0 Å². The summed E-state index contributed by atoms with van der Waals surface area (Å²) in [6, 6.07) is -0.800. The first-order chi connectivity index (χ1) is 32.8. The molecule has 1 rings (SSSR count). The van der Waals surface area contributed by atoms with Gasteiger partial charge in [0, 0.05) is 6.42 Å². The van der Waals surface area contributed by atoms with Crippen LogP contribution in [0.3, 0.4) is 0 Å². The van der Waals surface area contributed by atoms with Crippen molar-refractivity contribution in [2.75, 3.05) is 13.2 Å². The van der Waals surface area contributed by atoms with Crippen molar-refractivity contribution < 1.29 is 39.8 Å². The van der Waals surface area contributed by atoms with Crippen LogP contribution in [0.1, 0.15) is 296 Å². The maximum atomic E-state index is 13.1. The molecule has 2 unspecified atom stereocenters. The molecule has 1 saturated heterocycles. The van der Waals surface area contributed by atoms with Gasteiger partial charge in [-0.1, -0.05) is 283 Å². The van der Waals surface area contributed by atoms with E-state index in [9.17, 15) is 30.3 Å². The number of carbonyl (C=O) groups excluding carboxylic acids is 1. The molecule has 1 aliphatic heterocycles. The summed E-state index contributed by atoms with van der Waals surface area (Å²) in [5.41, 5.74) is 0. The number of hydrogen-bond donors (Lipinski definition) is 6. The quantitative estimate of drug-likeness (QED) is 0.0261. The second kappa shape index (κ2) is 48.6. The molecule has 398 valence electrons. The number of aliphatic hydroxyl groups excluding tert-OH is 5. The van der Waals surface area contributed by atoms with E-state index in [1.165, 1.54) is 238 Å². The SMILES string of the molecule is CCCCCCCCCCCCCCCCC/C=C/[C@@H](O)[C@H](CO[C@@H]1O[C@H](CO)[C@H](O)C(O)C1O)NC(=O)CCCCCCCCCCCCCCCCCCCCCCCCCCCCC. The zero-order valence-electron chi connectivity index (χ0n) is 44.2. The molecule has 7 atom stereocenters. The van der Waals surface area contributed by atoms with Crippen LogP contribution in [0.15, 0.2) is 12.2 Å². The van der Waals surface area contributed by atoms with E-state index in [1.54, 1.807) is 6.08 Å². The zero-order valence-corrected chi connectivity index (χ0v) is 44.2. The summed E-state index contributed by atoms with van der Waals surface area (Å²) >= 11 is 0. The predicted octanol–water partition coefficient (Wildman–Crippen LogP) is 14.4. The molecule has 1 fully saturated rings. The fourth-order valence-corrected chi connectivity index (χ4v) is 9.69. The summed E-state index contributed by atoms with van der Waals surface area (Å²) in [7, 11) is 0. The molecular weight excluding hydrogens is 839 g/mol.